The second-order valence-corrected chi connectivity index (χ2v) is 10.3. The van der Waals surface area contributed by atoms with Crippen molar-refractivity contribution in [3.8, 4) is 39.5 Å². The number of benzene rings is 4. The van der Waals surface area contributed by atoms with Crippen LogP contribution in [0, 0.1) is 0 Å². The van der Waals surface area contributed by atoms with Crippen LogP contribution >= 0.6 is 11.6 Å². The number of ether oxygens (including phenoxy) is 1. The molecule has 4 bridgehead atoms. The Hall–Kier alpha value is -4.88. The molecule has 7 rings (SSSR count). The van der Waals surface area contributed by atoms with Gasteiger partial charge >= 0.3 is 5.97 Å². The zero-order valence-electron chi connectivity index (χ0n) is 22.1. The van der Waals surface area contributed by atoms with E-state index in [1.54, 1.807) is 25.3 Å². The van der Waals surface area contributed by atoms with E-state index in [0.717, 1.165) is 28.3 Å². The molecule has 0 radical (unpaired) electrons. The lowest BCUT2D eigenvalue weighted by Crippen LogP contribution is -2.29. The van der Waals surface area contributed by atoms with Crippen LogP contribution in [0.4, 0.5) is 0 Å². The van der Waals surface area contributed by atoms with Gasteiger partial charge in [-0.05, 0) is 66.4 Å². The number of halogens is 1. The van der Waals surface area contributed by atoms with Crippen molar-refractivity contribution in [3.63, 3.8) is 0 Å². The summed E-state index contributed by atoms with van der Waals surface area (Å²) >= 11 is 6.72. The van der Waals surface area contributed by atoms with E-state index in [1.807, 2.05) is 66.7 Å². The summed E-state index contributed by atoms with van der Waals surface area (Å²) in [5, 5.41) is 13.7. The first-order chi connectivity index (χ1) is 19.9. The molecule has 1 atom stereocenters. The number of rotatable bonds is 4. The van der Waals surface area contributed by atoms with Gasteiger partial charge in [-0.15, -0.1) is 0 Å². The van der Waals surface area contributed by atoms with E-state index >= 15 is 0 Å². The van der Waals surface area contributed by atoms with Crippen molar-refractivity contribution in [2.75, 3.05) is 7.11 Å². The van der Waals surface area contributed by atoms with E-state index in [-0.39, 0.29) is 23.1 Å². The van der Waals surface area contributed by atoms with Gasteiger partial charge in [0.2, 0.25) is 0 Å². The third kappa shape index (κ3) is 5.08. The Morgan fingerprint density at radius 2 is 1.71 bits per heavy atom. The Labute approximate surface area is 241 Å². The van der Waals surface area contributed by atoms with Crippen LogP contribution in [-0.2, 0) is 6.42 Å². The third-order valence-corrected chi connectivity index (χ3v) is 7.70. The van der Waals surface area contributed by atoms with Gasteiger partial charge in [0.15, 0.2) is 0 Å². The molecule has 41 heavy (non-hydrogen) atoms. The van der Waals surface area contributed by atoms with Crippen LogP contribution in [0.5, 0.6) is 5.75 Å². The molecule has 2 aliphatic rings. The van der Waals surface area contributed by atoms with Crippen molar-refractivity contribution in [2.24, 2.45) is 0 Å². The number of nitrogens with zero attached hydrogens (tertiary/aromatic N) is 1. The first-order valence-electron chi connectivity index (χ1n) is 13.2. The number of hydrogen-bond donors (Lipinski definition) is 3. The lowest BCUT2D eigenvalue weighted by atomic mass is 9.93. The Kier molecular flexibility index (Phi) is 7.03. The molecule has 204 valence electrons. The molecule has 3 heterocycles. The van der Waals surface area contributed by atoms with Gasteiger partial charge < -0.3 is 20.1 Å². The number of carboxylic acid groups (broad SMARTS) is 1. The molecule has 1 amide bonds. The van der Waals surface area contributed by atoms with E-state index < -0.39 is 5.97 Å². The Bertz CT molecular complexity index is 1760. The van der Waals surface area contributed by atoms with Crippen LogP contribution in [0.25, 0.3) is 33.8 Å². The monoisotopic (exact) mass is 563 g/mol. The number of carbonyl (C=O) groups is 2. The second kappa shape index (κ2) is 10.9. The number of amides is 1. The molecule has 1 aromatic heterocycles. The number of aromatic amines is 1. The Balaban J connectivity index is 1.59. The quantitative estimate of drug-likeness (QED) is 0.215. The number of aryl methyl sites for hydroxylation is 1. The van der Waals surface area contributed by atoms with Gasteiger partial charge in [-0.2, -0.15) is 0 Å². The van der Waals surface area contributed by atoms with Crippen molar-refractivity contribution in [1.29, 1.82) is 0 Å². The molecule has 0 fully saturated rings. The summed E-state index contributed by atoms with van der Waals surface area (Å²) in [6, 6.07) is 27.2. The predicted molar refractivity (Wildman–Crippen MR) is 158 cm³/mol. The van der Waals surface area contributed by atoms with Crippen molar-refractivity contribution < 1.29 is 19.4 Å². The molecule has 0 unspecified atom stereocenters. The first kappa shape index (κ1) is 26.3. The summed E-state index contributed by atoms with van der Waals surface area (Å²) in [6.45, 7) is 0. The number of H-pyrrole nitrogens is 1. The molecule has 0 spiro atoms. The number of carboxylic acids is 1. The second-order valence-electron chi connectivity index (χ2n) is 9.84. The van der Waals surface area contributed by atoms with Gasteiger partial charge in [-0.25, -0.2) is 9.78 Å². The minimum absolute atomic E-state index is 0.0255. The van der Waals surface area contributed by atoms with Gasteiger partial charge in [0.05, 0.1) is 24.4 Å². The van der Waals surface area contributed by atoms with Crippen molar-refractivity contribution >= 4 is 23.5 Å². The number of carbonyl (C=O) groups excluding carboxylic acids is 1. The fraction of sp³-hybridized carbons (Fsp3) is 0.121. The van der Waals surface area contributed by atoms with E-state index in [0.29, 0.717) is 40.4 Å². The number of aromatic nitrogens is 2. The normalized spacial score (nSPS) is 14.6. The standard InChI is InChI=1S/C33H26ClN3O4/c1-41-22-13-10-20(11-14-22)30-28-17-16-27(19-6-3-2-4-7-19)36-32(38)21-12-15-23(25(18-21)33(39)40)29-24(31(35-28)37-30)8-5-9-26(29)34/h2-15,18,27H,16-17H2,1H3,(H,35,37)(H,36,38)(H,39,40)/t27-/m1/s1. The fourth-order valence-corrected chi connectivity index (χ4v) is 5.60. The molecule has 0 aliphatic carbocycles. The van der Waals surface area contributed by atoms with Crippen LogP contribution in [0.1, 0.15) is 44.4 Å². The average molecular weight is 564 g/mol. The summed E-state index contributed by atoms with van der Waals surface area (Å²) in [5.74, 6) is -0.213. The van der Waals surface area contributed by atoms with Crippen molar-refractivity contribution in [3.05, 3.63) is 118 Å². The molecular formula is C33H26ClN3O4. The highest BCUT2D eigenvalue weighted by atomic mass is 35.5. The van der Waals surface area contributed by atoms with Gasteiger partial charge in [0, 0.05) is 33.0 Å². The zero-order chi connectivity index (χ0) is 28.5. The lowest BCUT2D eigenvalue weighted by Gasteiger charge is -2.20. The van der Waals surface area contributed by atoms with Crippen molar-refractivity contribution in [2.45, 2.75) is 18.9 Å². The number of fused-ring (bicyclic) bond motifs is 6. The van der Waals surface area contributed by atoms with Crippen LogP contribution in [0.3, 0.4) is 0 Å². The maximum atomic E-state index is 13.5. The molecule has 7 nitrogen and oxygen atoms in total. The predicted octanol–water partition coefficient (Wildman–Crippen LogP) is 7.19. The molecule has 4 aromatic carbocycles. The molecule has 3 N–H and O–H groups in total. The summed E-state index contributed by atoms with van der Waals surface area (Å²) in [6.07, 6.45) is 1.16. The van der Waals surface area contributed by atoms with E-state index in [4.69, 9.17) is 21.3 Å². The van der Waals surface area contributed by atoms with Crippen molar-refractivity contribution in [1.82, 2.24) is 15.3 Å². The molecule has 0 saturated heterocycles. The number of imidazole rings is 1. The maximum Gasteiger partial charge on any atom is 0.336 e. The smallest absolute Gasteiger partial charge is 0.336 e. The summed E-state index contributed by atoms with van der Waals surface area (Å²) in [7, 11) is 1.62. The van der Waals surface area contributed by atoms with Gasteiger partial charge in [-0.1, -0.05) is 60.1 Å². The lowest BCUT2D eigenvalue weighted by molar-refractivity contribution is 0.0697. The summed E-state index contributed by atoms with van der Waals surface area (Å²) in [5.41, 5.74) is 5.31. The largest absolute Gasteiger partial charge is 0.497 e. The van der Waals surface area contributed by atoms with Gasteiger partial charge in [0.25, 0.3) is 5.91 Å². The SMILES string of the molecule is COc1ccc(-c2nc3[nH]c2CC[C@H](c2ccccc2)NC(=O)c2ccc(c(C(=O)O)c2)-c2c(Cl)cccc2-3)cc1. The van der Waals surface area contributed by atoms with E-state index in [9.17, 15) is 14.7 Å². The summed E-state index contributed by atoms with van der Waals surface area (Å²) < 4.78 is 5.35. The third-order valence-electron chi connectivity index (χ3n) is 7.38. The summed E-state index contributed by atoms with van der Waals surface area (Å²) in [4.78, 5) is 34.5. The van der Waals surface area contributed by atoms with Crippen LogP contribution in [0.15, 0.2) is 91.0 Å². The topological polar surface area (TPSA) is 104 Å². The maximum absolute atomic E-state index is 13.5. The minimum Gasteiger partial charge on any atom is -0.497 e. The van der Waals surface area contributed by atoms with Gasteiger partial charge in [0.1, 0.15) is 11.6 Å². The highest BCUT2D eigenvalue weighted by Gasteiger charge is 2.25. The highest BCUT2D eigenvalue weighted by molar-refractivity contribution is 6.34. The zero-order valence-corrected chi connectivity index (χ0v) is 22.9. The van der Waals surface area contributed by atoms with E-state index in [1.165, 1.54) is 6.07 Å². The van der Waals surface area contributed by atoms with Crippen LogP contribution in [-0.4, -0.2) is 34.1 Å². The Morgan fingerprint density at radius 3 is 2.44 bits per heavy atom. The van der Waals surface area contributed by atoms with Crippen LogP contribution in [0.2, 0.25) is 5.02 Å². The number of nitrogens with one attached hydrogen (secondary N) is 2. The highest BCUT2D eigenvalue weighted by Crippen LogP contribution is 2.40. The fourth-order valence-electron chi connectivity index (χ4n) is 5.32. The van der Waals surface area contributed by atoms with Gasteiger partial charge in [-0.3, -0.25) is 4.79 Å². The average Bonchev–Trinajstić information content (AvgIpc) is 3.43. The molecular weight excluding hydrogens is 538 g/mol. The number of aromatic carboxylic acids is 1. The number of methoxy groups -OCH3 is 1. The van der Waals surface area contributed by atoms with E-state index in [2.05, 4.69) is 10.3 Å². The molecule has 2 aliphatic heterocycles. The first-order valence-corrected chi connectivity index (χ1v) is 13.6. The molecule has 5 aromatic rings. The molecule has 8 heteroatoms. The number of hydrogen-bond acceptors (Lipinski definition) is 4. The molecule has 0 saturated carbocycles. The Morgan fingerprint density at radius 1 is 0.951 bits per heavy atom. The van der Waals surface area contributed by atoms with Crippen LogP contribution < -0.4 is 10.1 Å². The minimum atomic E-state index is -1.16.